The number of benzene rings is 1. The summed E-state index contributed by atoms with van der Waals surface area (Å²) >= 11 is 0. The quantitative estimate of drug-likeness (QED) is 0.763. The Morgan fingerprint density at radius 1 is 1.19 bits per heavy atom. The summed E-state index contributed by atoms with van der Waals surface area (Å²) < 4.78 is 0. The first-order valence-electron chi connectivity index (χ1n) is 6.85. The molecule has 0 radical (unpaired) electrons. The molecule has 6 heteroatoms. The zero-order valence-corrected chi connectivity index (χ0v) is 12.0. The van der Waals surface area contributed by atoms with Crippen LogP contribution in [0.1, 0.15) is 34.6 Å². The largest absolute Gasteiger partial charge is 0.480 e. The Balaban J connectivity index is 1.98. The summed E-state index contributed by atoms with van der Waals surface area (Å²) in [4.78, 5) is 36.4. The number of hydrogen-bond acceptors (Lipinski definition) is 4. The molecule has 1 aliphatic heterocycles. The molecule has 1 atom stereocenters. The van der Waals surface area contributed by atoms with Gasteiger partial charge in [-0.2, -0.15) is 0 Å². The molecule has 21 heavy (non-hydrogen) atoms. The summed E-state index contributed by atoms with van der Waals surface area (Å²) in [6.45, 7) is 4.01. The van der Waals surface area contributed by atoms with Gasteiger partial charge in [-0.1, -0.05) is 26.0 Å². The number of carbonyl (C=O) groups is 3. The first-order chi connectivity index (χ1) is 9.93. The summed E-state index contributed by atoms with van der Waals surface area (Å²) in [5.74, 6) is -1.67. The van der Waals surface area contributed by atoms with E-state index in [0.717, 1.165) is 4.90 Å². The van der Waals surface area contributed by atoms with Crippen molar-refractivity contribution in [1.82, 2.24) is 10.2 Å². The average molecular weight is 290 g/mol. The standard InChI is InChI=1S/C15H18N2O4/c1-9(2)12(15(20)21)16-7-8-17-13(18)10-5-3-4-6-11(10)14(17)19/h3-6,9,12,16H,7-8H2,1-2H3,(H,20,21). The Morgan fingerprint density at radius 2 is 1.71 bits per heavy atom. The highest BCUT2D eigenvalue weighted by Gasteiger charge is 2.34. The van der Waals surface area contributed by atoms with E-state index < -0.39 is 12.0 Å². The lowest BCUT2D eigenvalue weighted by Crippen LogP contribution is -2.45. The molecule has 0 saturated carbocycles. The Bertz CT molecular complexity index is 548. The van der Waals surface area contributed by atoms with Gasteiger partial charge in [0.05, 0.1) is 11.1 Å². The maximum atomic E-state index is 12.1. The third-order valence-corrected chi connectivity index (χ3v) is 3.51. The fraction of sp³-hybridized carbons (Fsp3) is 0.400. The third kappa shape index (κ3) is 2.95. The molecular formula is C15H18N2O4. The van der Waals surface area contributed by atoms with Crippen LogP contribution >= 0.6 is 0 Å². The Hall–Kier alpha value is -2.21. The smallest absolute Gasteiger partial charge is 0.320 e. The normalized spacial score (nSPS) is 15.5. The zero-order valence-electron chi connectivity index (χ0n) is 12.0. The molecule has 0 spiro atoms. The van der Waals surface area contributed by atoms with E-state index in [0.29, 0.717) is 11.1 Å². The molecule has 6 nitrogen and oxygen atoms in total. The summed E-state index contributed by atoms with van der Waals surface area (Å²) in [6, 6.07) is 5.98. The number of aliphatic carboxylic acids is 1. The Kier molecular flexibility index (Phi) is 4.37. The average Bonchev–Trinajstić information content (AvgIpc) is 2.67. The molecule has 0 saturated heterocycles. The van der Waals surface area contributed by atoms with Crippen LogP contribution in [0.15, 0.2) is 24.3 Å². The van der Waals surface area contributed by atoms with Crippen LogP contribution in [-0.4, -0.2) is 46.9 Å². The van der Waals surface area contributed by atoms with Crippen LogP contribution in [0.25, 0.3) is 0 Å². The van der Waals surface area contributed by atoms with Gasteiger partial charge in [-0.25, -0.2) is 0 Å². The number of carbonyl (C=O) groups excluding carboxylic acids is 2. The van der Waals surface area contributed by atoms with Crippen LogP contribution < -0.4 is 5.32 Å². The van der Waals surface area contributed by atoms with Gasteiger partial charge in [0.2, 0.25) is 0 Å². The second-order valence-corrected chi connectivity index (χ2v) is 5.32. The molecule has 0 aliphatic carbocycles. The highest BCUT2D eigenvalue weighted by molar-refractivity contribution is 6.21. The first kappa shape index (κ1) is 15.2. The van der Waals surface area contributed by atoms with Gasteiger partial charge >= 0.3 is 5.97 Å². The van der Waals surface area contributed by atoms with Crippen molar-refractivity contribution in [1.29, 1.82) is 0 Å². The van der Waals surface area contributed by atoms with Gasteiger partial charge < -0.3 is 10.4 Å². The van der Waals surface area contributed by atoms with Gasteiger partial charge in [-0.3, -0.25) is 19.3 Å². The summed E-state index contributed by atoms with van der Waals surface area (Å²) in [6.07, 6.45) is 0. The summed E-state index contributed by atoms with van der Waals surface area (Å²) in [5, 5.41) is 11.9. The minimum absolute atomic E-state index is 0.0790. The fourth-order valence-electron chi connectivity index (χ4n) is 2.38. The molecular weight excluding hydrogens is 272 g/mol. The van der Waals surface area contributed by atoms with E-state index in [2.05, 4.69) is 5.32 Å². The minimum atomic E-state index is -0.938. The Labute approximate surface area is 122 Å². The van der Waals surface area contributed by atoms with Gasteiger partial charge in [-0.05, 0) is 18.1 Å². The number of nitrogens with one attached hydrogen (secondary N) is 1. The molecule has 2 amide bonds. The predicted octanol–water partition coefficient (Wildman–Crippen LogP) is 0.981. The molecule has 1 unspecified atom stereocenters. The van der Waals surface area contributed by atoms with Crippen molar-refractivity contribution in [2.75, 3.05) is 13.1 Å². The number of carboxylic acid groups (broad SMARTS) is 1. The van der Waals surface area contributed by atoms with Crippen LogP contribution in [-0.2, 0) is 4.79 Å². The van der Waals surface area contributed by atoms with Crippen LogP contribution in [0.5, 0.6) is 0 Å². The lowest BCUT2D eigenvalue weighted by atomic mass is 10.1. The summed E-state index contributed by atoms with van der Waals surface area (Å²) in [5.41, 5.74) is 0.808. The van der Waals surface area contributed by atoms with Gasteiger partial charge in [0.15, 0.2) is 0 Å². The fourth-order valence-corrected chi connectivity index (χ4v) is 2.38. The molecule has 0 fully saturated rings. The van der Waals surface area contributed by atoms with E-state index in [1.165, 1.54) is 0 Å². The van der Waals surface area contributed by atoms with Crippen molar-refractivity contribution in [2.24, 2.45) is 5.92 Å². The number of amides is 2. The van der Waals surface area contributed by atoms with E-state index >= 15 is 0 Å². The SMILES string of the molecule is CC(C)C(NCCN1C(=O)c2ccccc2C1=O)C(=O)O. The zero-order chi connectivity index (χ0) is 15.6. The number of imide groups is 1. The number of hydrogen-bond donors (Lipinski definition) is 2. The highest BCUT2D eigenvalue weighted by atomic mass is 16.4. The topological polar surface area (TPSA) is 86.7 Å². The second kappa shape index (κ2) is 6.05. The van der Waals surface area contributed by atoms with Gasteiger partial charge in [0.25, 0.3) is 11.8 Å². The maximum absolute atomic E-state index is 12.1. The number of fused-ring (bicyclic) bond motifs is 1. The van der Waals surface area contributed by atoms with E-state index in [9.17, 15) is 14.4 Å². The van der Waals surface area contributed by atoms with E-state index in [1.807, 2.05) is 0 Å². The molecule has 1 heterocycles. The summed E-state index contributed by atoms with van der Waals surface area (Å²) in [7, 11) is 0. The van der Waals surface area contributed by atoms with Gasteiger partial charge in [-0.15, -0.1) is 0 Å². The van der Waals surface area contributed by atoms with E-state index in [4.69, 9.17) is 5.11 Å². The molecule has 0 aromatic heterocycles. The van der Waals surface area contributed by atoms with Crippen molar-refractivity contribution in [3.8, 4) is 0 Å². The van der Waals surface area contributed by atoms with Crippen LogP contribution in [0.3, 0.4) is 0 Å². The van der Waals surface area contributed by atoms with Crippen molar-refractivity contribution in [3.05, 3.63) is 35.4 Å². The maximum Gasteiger partial charge on any atom is 0.320 e. The Morgan fingerprint density at radius 3 is 2.14 bits per heavy atom. The monoisotopic (exact) mass is 290 g/mol. The number of nitrogens with zero attached hydrogens (tertiary/aromatic N) is 1. The highest BCUT2D eigenvalue weighted by Crippen LogP contribution is 2.21. The molecule has 1 aromatic rings. The first-order valence-corrected chi connectivity index (χ1v) is 6.85. The second-order valence-electron chi connectivity index (χ2n) is 5.32. The van der Waals surface area contributed by atoms with Gasteiger partial charge in [0.1, 0.15) is 6.04 Å². The molecule has 2 rings (SSSR count). The van der Waals surface area contributed by atoms with Crippen molar-refractivity contribution in [2.45, 2.75) is 19.9 Å². The van der Waals surface area contributed by atoms with Crippen molar-refractivity contribution >= 4 is 17.8 Å². The predicted molar refractivity (Wildman–Crippen MR) is 76.1 cm³/mol. The lowest BCUT2D eigenvalue weighted by molar-refractivity contribution is -0.140. The molecule has 112 valence electrons. The molecule has 1 aromatic carbocycles. The van der Waals surface area contributed by atoms with E-state index in [1.54, 1.807) is 38.1 Å². The van der Waals surface area contributed by atoms with Crippen LogP contribution in [0, 0.1) is 5.92 Å². The van der Waals surface area contributed by atoms with Crippen LogP contribution in [0.2, 0.25) is 0 Å². The minimum Gasteiger partial charge on any atom is -0.480 e. The van der Waals surface area contributed by atoms with Crippen LogP contribution in [0.4, 0.5) is 0 Å². The molecule has 1 aliphatic rings. The van der Waals surface area contributed by atoms with Crippen molar-refractivity contribution in [3.63, 3.8) is 0 Å². The third-order valence-electron chi connectivity index (χ3n) is 3.51. The van der Waals surface area contributed by atoms with Crippen molar-refractivity contribution < 1.29 is 19.5 Å². The number of carboxylic acids is 1. The van der Waals surface area contributed by atoms with E-state index in [-0.39, 0.29) is 30.8 Å². The van der Waals surface area contributed by atoms with Gasteiger partial charge in [0, 0.05) is 13.1 Å². The lowest BCUT2D eigenvalue weighted by Gasteiger charge is -2.20. The molecule has 2 N–H and O–H groups in total. The number of rotatable bonds is 6. The molecule has 0 bridgehead atoms.